The van der Waals surface area contributed by atoms with E-state index >= 15 is 0 Å². The molecule has 2 atom stereocenters. The fraction of sp³-hybridized carbons (Fsp3) is 0.250. The largest absolute Gasteiger partial charge is 0.502 e. The fourth-order valence-electron chi connectivity index (χ4n) is 4.90. The van der Waals surface area contributed by atoms with Crippen molar-refractivity contribution in [2.24, 2.45) is 0 Å². The van der Waals surface area contributed by atoms with Gasteiger partial charge in [0, 0.05) is 17.7 Å². The van der Waals surface area contributed by atoms with Gasteiger partial charge < -0.3 is 25.2 Å². The van der Waals surface area contributed by atoms with Crippen molar-refractivity contribution in [3.8, 4) is 17.2 Å². The molecule has 0 saturated heterocycles. The van der Waals surface area contributed by atoms with Gasteiger partial charge in [-0.2, -0.15) is 0 Å². The van der Waals surface area contributed by atoms with Crippen LogP contribution >= 0.6 is 0 Å². The highest BCUT2D eigenvalue weighted by Crippen LogP contribution is 2.47. The van der Waals surface area contributed by atoms with Gasteiger partial charge in [-0.15, -0.1) is 0 Å². The van der Waals surface area contributed by atoms with Crippen LogP contribution in [0.15, 0.2) is 71.9 Å². The van der Waals surface area contributed by atoms with Gasteiger partial charge in [-0.25, -0.2) is 0 Å². The summed E-state index contributed by atoms with van der Waals surface area (Å²) in [4.78, 5) is 13.7. The number of carbonyl (C=O) groups is 1. The predicted octanol–water partition coefficient (Wildman–Crippen LogP) is 5.70. The van der Waals surface area contributed by atoms with Crippen LogP contribution in [0.4, 0.5) is 11.4 Å². The van der Waals surface area contributed by atoms with E-state index in [-0.39, 0.29) is 17.5 Å². The number of phenolic OH excluding ortho intramolecular Hbond substituents is 1. The molecule has 2 aliphatic rings. The zero-order chi connectivity index (χ0) is 23.8. The minimum absolute atomic E-state index is 0.0653. The number of carbonyl (C=O) groups excluding carboxylic acids is 1. The Balaban J connectivity index is 1.64. The van der Waals surface area contributed by atoms with E-state index in [0.29, 0.717) is 23.5 Å². The number of benzene rings is 3. The van der Waals surface area contributed by atoms with Crippen molar-refractivity contribution in [1.29, 1.82) is 0 Å². The molecule has 6 heteroatoms. The van der Waals surface area contributed by atoms with Crippen LogP contribution in [-0.2, 0) is 4.79 Å². The lowest BCUT2D eigenvalue weighted by atomic mass is 9.78. The molecular weight excluding hydrogens is 428 g/mol. The second-order valence-electron chi connectivity index (χ2n) is 8.85. The molecule has 3 N–H and O–H groups in total. The van der Waals surface area contributed by atoms with E-state index in [1.165, 1.54) is 25.3 Å². The molecule has 0 saturated carbocycles. The van der Waals surface area contributed by atoms with E-state index in [0.717, 1.165) is 29.1 Å². The number of hydrogen-bond acceptors (Lipinski definition) is 6. The molecule has 174 valence electrons. The van der Waals surface area contributed by atoms with Crippen LogP contribution in [0.3, 0.4) is 0 Å². The Morgan fingerprint density at radius 2 is 1.53 bits per heavy atom. The highest BCUT2D eigenvalue weighted by Gasteiger charge is 2.36. The zero-order valence-corrected chi connectivity index (χ0v) is 19.5. The first-order chi connectivity index (χ1) is 16.5. The Bertz CT molecular complexity index is 1250. The molecular formula is C28H28N2O4. The molecule has 3 aromatic carbocycles. The average Bonchev–Trinajstić information content (AvgIpc) is 3.01. The van der Waals surface area contributed by atoms with Gasteiger partial charge in [0.15, 0.2) is 17.3 Å². The summed E-state index contributed by atoms with van der Waals surface area (Å²) in [7, 11) is 3.00. The van der Waals surface area contributed by atoms with Crippen LogP contribution in [-0.4, -0.2) is 25.1 Å². The monoisotopic (exact) mass is 456 g/mol. The number of aromatic hydroxyl groups is 1. The summed E-state index contributed by atoms with van der Waals surface area (Å²) in [6, 6.07) is 19.5. The molecule has 5 rings (SSSR count). The average molecular weight is 457 g/mol. The molecule has 1 aliphatic heterocycles. The zero-order valence-electron chi connectivity index (χ0n) is 19.5. The van der Waals surface area contributed by atoms with Gasteiger partial charge in [-0.1, -0.05) is 42.0 Å². The van der Waals surface area contributed by atoms with Gasteiger partial charge in [-0.3, -0.25) is 4.79 Å². The molecule has 0 radical (unpaired) electrons. The van der Waals surface area contributed by atoms with Gasteiger partial charge in [0.2, 0.25) is 5.75 Å². The number of nitrogens with one attached hydrogen (secondary N) is 2. The van der Waals surface area contributed by atoms with Crippen molar-refractivity contribution in [1.82, 2.24) is 0 Å². The van der Waals surface area contributed by atoms with Crippen molar-refractivity contribution in [3.05, 3.63) is 88.6 Å². The number of ether oxygens (including phenoxy) is 2. The first-order valence-electron chi connectivity index (χ1n) is 11.4. The standard InChI is InChI=1S/C28H28N2O4/c1-16-8-10-17(11-9-16)18-12-22-26(23(31)13-18)27(30-21-7-5-4-6-20(21)29-22)19-14-24(33-2)28(32)25(15-19)34-3/h4-11,14-15,18,27,29-30,32H,12-13H2,1-3H3/t18-,27-/m0/s1. The van der Waals surface area contributed by atoms with Gasteiger partial charge in [0.05, 0.1) is 31.6 Å². The summed E-state index contributed by atoms with van der Waals surface area (Å²) in [6.07, 6.45) is 1.16. The summed E-state index contributed by atoms with van der Waals surface area (Å²) in [5.41, 5.74) is 6.58. The molecule has 3 aromatic rings. The van der Waals surface area contributed by atoms with Gasteiger partial charge in [0.1, 0.15) is 0 Å². The molecule has 0 fully saturated rings. The smallest absolute Gasteiger partial charge is 0.200 e. The lowest BCUT2D eigenvalue weighted by molar-refractivity contribution is -0.116. The Hall–Kier alpha value is -3.93. The summed E-state index contributed by atoms with van der Waals surface area (Å²) in [6.45, 7) is 2.07. The van der Waals surface area contributed by atoms with Crippen LogP contribution in [0.2, 0.25) is 0 Å². The number of para-hydroxylation sites is 2. The fourth-order valence-corrected chi connectivity index (χ4v) is 4.90. The van der Waals surface area contributed by atoms with Crippen LogP contribution < -0.4 is 20.1 Å². The number of ketones is 1. The first-order valence-corrected chi connectivity index (χ1v) is 11.4. The number of phenols is 1. The van der Waals surface area contributed by atoms with Crippen molar-refractivity contribution in [3.63, 3.8) is 0 Å². The van der Waals surface area contributed by atoms with E-state index < -0.39 is 6.04 Å². The van der Waals surface area contributed by atoms with Crippen molar-refractivity contribution in [2.75, 3.05) is 24.9 Å². The maximum atomic E-state index is 13.7. The molecule has 34 heavy (non-hydrogen) atoms. The summed E-state index contributed by atoms with van der Waals surface area (Å²) >= 11 is 0. The SMILES string of the molecule is COc1cc([C@@H]2Nc3ccccc3NC3=C2C(=O)C[C@@H](c2ccc(C)cc2)C3)cc(OC)c1O. The molecule has 0 amide bonds. The second kappa shape index (κ2) is 8.78. The normalized spacial score (nSPS) is 19.3. The van der Waals surface area contributed by atoms with Crippen LogP contribution in [0.1, 0.15) is 41.5 Å². The number of rotatable bonds is 4. The van der Waals surface area contributed by atoms with E-state index in [4.69, 9.17) is 9.47 Å². The number of aryl methyl sites for hydroxylation is 1. The van der Waals surface area contributed by atoms with Crippen LogP contribution in [0, 0.1) is 6.92 Å². The van der Waals surface area contributed by atoms with Gasteiger partial charge in [-0.05, 0) is 54.7 Å². The predicted molar refractivity (Wildman–Crippen MR) is 133 cm³/mol. The third-order valence-electron chi connectivity index (χ3n) is 6.69. The van der Waals surface area contributed by atoms with Gasteiger partial charge >= 0.3 is 0 Å². The molecule has 6 nitrogen and oxygen atoms in total. The minimum Gasteiger partial charge on any atom is -0.502 e. The molecule has 0 spiro atoms. The van der Waals surface area contributed by atoms with Crippen LogP contribution in [0.5, 0.6) is 17.2 Å². The lowest BCUT2D eigenvalue weighted by Crippen LogP contribution is -2.27. The summed E-state index contributed by atoms with van der Waals surface area (Å²) in [5.74, 6) is 0.725. The number of fused-ring (bicyclic) bond motifs is 1. The molecule has 1 heterocycles. The lowest BCUT2D eigenvalue weighted by Gasteiger charge is -2.30. The number of methoxy groups -OCH3 is 2. The quantitative estimate of drug-likeness (QED) is 0.468. The maximum Gasteiger partial charge on any atom is 0.200 e. The maximum absolute atomic E-state index is 13.7. The van der Waals surface area contributed by atoms with Crippen molar-refractivity contribution in [2.45, 2.75) is 31.7 Å². The summed E-state index contributed by atoms with van der Waals surface area (Å²) < 4.78 is 10.8. The minimum atomic E-state index is -0.430. The number of Topliss-reactive ketones (excluding diaryl/α,β-unsaturated/α-hetero) is 1. The Morgan fingerprint density at radius 3 is 2.18 bits per heavy atom. The topological polar surface area (TPSA) is 79.8 Å². The Labute approximate surface area is 199 Å². The highest BCUT2D eigenvalue weighted by molar-refractivity contribution is 6.01. The highest BCUT2D eigenvalue weighted by atomic mass is 16.5. The third-order valence-corrected chi connectivity index (χ3v) is 6.69. The number of anilines is 2. The first kappa shape index (κ1) is 21.9. The Morgan fingerprint density at radius 1 is 0.882 bits per heavy atom. The van der Waals surface area contributed by atoms with Crippen molar-refractivity contribution >= 4 is 17.2 Å². The van der Waals surface area contributed by atoms with E-state index in [2.05, 4.69) is 41.8 Å². The third kappa shape index (κ3) is 3.85. The Kier molecular flexibility index (Phi) is 5.65. The second-order valence-corrected chi connectivity index (χ2v) is 8.85. The van der Waals surface area contributed by atoms with E-state index in [1.807, 2.05) is 24.3 Å². The van der Waals surface area contributed by atoms with Crippen molar-refractivity contribution < 1.29 is 19.4 Å². The number of allylic oxidation sites excluding steroid dienone is 1. The van der Waals surface area contributed by atoms with E-state index in [9.17, 15) is 9.90 Å². The van der Waals surface area contributed by atoms with Crippen LogP contribution in [0.25, 0.3) is 0 Å². The molecule has 0 aromatic heterocycles. The number of hydrogen-bond donors (Lipinski definition) is 3. The van der Waals surface area contributed by atoms with E-state index in [1.54, 1.807) is 12.1 Å². The molecule has 0 unspecified atom stereocenters. The summed E-state index contributed by atoms with van der Waals surface area (Å²) in [5, 5.41) is 17.5. The molecule has 1 aliphatic carbocycles. The molecule has 0 bridgehead atoms. The van der Waals surface area contributed by atoms with Gasteiger partial charge in [0.25, 0.3) is 0 Å².